The molecule has 2 atom stereocenters. The van der Waals surface area contributed by atoms with Gasteiger partial charge in [-0.1, -0.05) is 0 Å². The van der Waals surface area contributed by atoms with Gasteiger partial charge in [-0.15, -0.1) is 0 Å². The minimum Gasteiger partial charge on any atom is -0.504 e. The van der Waals surface area contributed by atoms with Crippen LogP contribution in [0.2, 0.25) is 0 Å². The molecule has 0 spiro atoms. The molecule has 0 radical (unpaired) electrons. The van der Waals surface area contributed by atoms with Crippen molar-refractivity contribution in [2.45, 2.75) is 31.5 Å². The average molecular weight is 402 g/mol. The Morgan fingerprint density at radius 1 is 0.793 bits per heavy atom. The van der Waals surface area contributed by atoms with Crippen molar-refractivity contribution < 1.29 is 38.7 Å². The molecular weight excluding hydrogens is 380 g/mol. The van der Waals surface area contributed by atoms with E-state index in [0.29, 0.717) is 19.3 Å². The molecule has 1 aliphatic carbocycles. The van der Waals surface area contributed by atoms with E-state index in [1.165, 1.54) is 50.6 Å². The van der Waals surface area contributed by atoms with Crippen molar-refractivity contribution in [1.29, 1.82) is 0 Å². The molecule has 0 heterocycles. The van der Waals surface area contributed by atoms with Crippen LogP contribution in [-0.4, -0.2) is 48.6 Å². The van der Waals surface area contributed by atoms with Gasteiger partial charge in [-0.25, -0.2) is 9.59 Å². The first-order chi connectivity index (χ1) is 13.9. The predicted molar refractivity (Wildman–Crippen MR) is 102 cm³/mol. The number of ether oxygens (including phenoxy) is 4. The number of hydrogen-bond donors (Lipinski definition) is 2. The van der Waals surface area contributed by atoms with Crippen LogP contribution in [-0.2, 0) is 9.47 Å². The van der Waals surface area contributed by atoms with Gasteiger partial charge in [0, 0.05) is 6.42 Å². The Kier molecular flexibility index (Phi) is 6.11. The van der Waals surface area contributed by atoms with E-state index < -0.39 is 11.9 Å². The molecule has 154 valence electrons. The Bertz CT molecular complexity index is 834. The van der Waals surface area contributed by atoms with Crippen molar-refractivity contribution in [1.82, 2.24) is 0 Å². The van der Waals surface area contributed by atoms with Crippen LogP contribution in [0.4, 0.5) is 0 Å². The van der Waals surface area contributed by atoms with Gasteiger partial charge in [-0.2, -0.15) is 0 Å². The highest BCUT2D eigenvalue weighted by Crippen LogP contribution is 2.30. The Hall–Kier alpha value is -3.42. The fourth-order valence-corrected chi connectivity index (χ4v) is 3.16. The number of rotatable bonds is 6. The highest BCUT2D eigenvalue weighted by Gasteiger charge is 2.31. The molecule has 29 heavy (non-hydrogen) atoms. The number of carbonyl (C=O) groups is 2. The number of phenols is 2. The maximum absolute atomic E-state index is 12.3. The largest absolute Gasteiger partial charge is 0.504 e. The van der Waals surface area contributed by atoms with Gasteiger partial charge in [0.2, 0.25) is 0 Å². The highest BCUT2D eigenvalue weighted by molar-refractivity contribution is 5.91. The maximum atomic E-state index is 12.3. The predicted octanol–water partition coefficient (Wildman–Crippen LogP) is 3.05. The van der Waals surface area contributed by atoms with Crippen LogP contribution in [0.25, 0.3) is 0 Å². The van der Waals surface area contributed by atoms with E-state index in [-0.39, 0.29) is 46.3 Å². The monoisotopic (exact) mass is 402 g/mol. The molecule has 3 rings (SSSR count). The lowest BCUT2D eigenvalue weighted by atomic mass is 10.2. The molecule has 0 amide bonds. The second kappa shape index (κ2) is 8.72. The quantitative estimate of drug-likeness (QED) is 0.709. The molecule has 0 aliphatic heterocycles. The molecule has 2 N–H and O–H groups in total. The fraction of sp³-hybridized carbons (Fsp3) is 0.333. The third-order valence-electron chi connectivity index (χ3n) is 4.71. The fourth-order valence-electron chi connectivity index (χ4n) is 3.16. The number of phenolic OH excluding ortho intramolecular Hbond substituents is 2. The van der Waals surface area contributed by atoms with Crippen molar-refractivity contribution in [3.05, 3.63) is 47.5 Å². The number of hydrogen-bond acceptors (Lipinski definition) is 8. The summed E-state index contributed by atoms with van der Waals surface area (Å²) in [5.41, 5.74) is 0.521. The standard InChI is InChI=1S/C21H22O8/c1-26-18-9-12(3-7-16(18)22)20(24)28-14-5-6-15(11-14)29-21(25)13-4-8-17(23)19(10-13)27-2/h3-4,7-10,14-15,22-23H,5-6,11H2,1-2H3/t14-,15+. The second-order valence-corrected chi connectivity index (χ2v) is 6.64. The lowest BCUT2D eigenvalue weighted by Gasteiger charge is -2.14. The number of benzene rings is 2. The molecule has 2 aromatic carbocycles. The summed E-state index contributed by atoms with van der Waals surface area (Å²) in [7, 11) is 2.79. The summed E-state index contributed by atoms with van der Waals surface area (Å²) in [6.45, 7) is 0. The zero-order valence-corrected chi connectivity index (χ0v) is 16.1. The summed E-state index contributed by atoms with van der Waals surface area (Å²) in [4.78, 5) is 24.7. The molecule has 2 aromatic rings. The van der Waals surface area contributed by atoms with Crippen LogP contribution in [0.3, 0.4) is 0 Å². The summed E-state index contributed by atoms with van der Waals surface area (Å²) >= 11 is 0. The van der Waals surface area contributed by atoms with Gasteiger partial charge in [0.1, 0.15) is 12.2 Å². The molecule has 1 saturated carbocycles. The van der Waals surface area contributed by atoms with Crippen molar-refractivity contribution in [3.8, 4) is 23.0 Å². The van der Waals surface area contributed by atoms with Gasteiger partial charge < -0.3 is 29.2 Å². The van der Waals surface area contributed by atoms with Crippen LogP contribution >= 0.6 is 0 Å². The van der Waals surface area contributed by atoms with Gasteiger partial charge in [0.15, 0.2) is 23.0 Å². The third-order valence-corrected chi connectivity index (χ3v) is 4.71. The summed E-state index contributed by atoms with van der Waals surface area (Å²) in [6, 6.07) is 8.43. The molecule has 0 bridgehead atoms. The van der Waals surface area contributed by atoms with Gasteiger partial charge in [-0.05, 0) is 49.2 Å². The minimum atomic E-state index is -0.538. The van der Waals surface area contributed by atoms with Crippen LogP contribution < -0.4 is 9.47 Å². The smallest absolute Gasteiger partial charge is 0.338 e. The van der Waals surface area contributed by atoms with Crippen LogP contribution in [0.15, 0.2) is 36.4 Å². The number of methoxy groups -OCH3 is 2. The van der Waals surface area contributed by atoms with Gasteiger partial charge in [0.05, 0.1) is 25.3 Å². The SMILES string of the molecule is COc1cc(C(=O)O[C@@H]2CC[C@H](OC(=O)c3ccc(O)c(OC)c3)C2)ccc1O. The Morgan fingerprint density at radius 3 is 1.59 bits per heavy atom. The first-order valence-electron chi connectivity index (χ1n) is 9.07. The van der Waals surface area contributed by atoms with Crippen LogP contribution in [0, 0.1) is 0 Å². The summed E-state index contributed by atoms with van der Waals surface area (Å²) in [5, 5.41) is 19.2. The second-order valence-electron chi connectivity index (χ2n) is 6.64. The van der Waals surface area contributed by atoms with Crippen LogP contribution in [0.5, 0.6) is 23.0 Å². The first kappa shape index (κ1) is 20.3. The topological polar surface area (TPSA) is 112 Å². The average Bonchev–Trinajstić information content (AvgIpc) is 3.15. The molecule has 8 heteroatoms. The van der Waals surface area contributed by atoms with Gasteiger partial charge >= 0.3 is 11.9 Å². The van der Waals surface area contributed by atoms with Crippen molar-refractivity contribution in [2.24, 2.45) is 0 Å². The van der Waals surface area contributed by atoms with E-state index in [9.17, 15) is 19.8 Å². The molecular formula is C21H22O8. The van der Waals surface area contributed by atoms with Crippen molar-refractivity contribution in [2.75, 3.05) is 14.2 Å². The van der Waals surface area contributed by atoms with Crippen molar-refractivity contribution >= 4 is 11.9 Å². The number of esters is 2. The maximum Gasteiger partial charge on any atom is 0.338 e. The van der Waals surface area contributed by atoms with E-state index in [1.807, 2.05) is 0 Å². The Balaban J connectivity index is 1.56. The van der Waals surface area contributed by atoms with E-state index in [1.54, 1.807) is 0 Å². The zero-order chi connectivity index (χ0) is 21.0. The van der Waals surface area contributed by atoms with Crippen LogP contribution in [0.1, 0.15) is 40.0 Å². The summed E-state index contributed by atoms with van der Waals surface area (Å²) in [5.74, 6) is -0.846. The minimum absolute atomic E-state index is 0.0669. The molecule has 8 nitrogen and oxygen atoms in total. The molecule has 0 unspecified atom stereocenters. The van der Waals surface area contributed by atoms with E-state index in [4.69, 9.17) is 18.9 Å². The normalized spacial score (nSPS) is 18.1. The molecule has 1 fully saturated rings. The highest BCUT2D eigenvalue weighted by atomic mass is 16.6. The van der Waals surface area contributed by atoms with Gasteiger partial charge in [-0.3, -0.25) is 0 Å². The Morgan fingerprint density at radius 2 is 1.21 bits per heavy atom. The number of aromatic hydroxyl groups is 2. The summed E-state index contributed by atoms with van der Waals surface area (Å²) in [6.07, 6.45) is 0.765. The van der Waals surface area contributed by atoms with E-state index in [2.05, 4.69) is 0 Å². The molecule has 0 saturated heterocycles. The zero-order valence-electron chi connectivity index (χ0n) is 16.1. The lowest BCUT2D eigenvalue weighted by Crippen LogP contribution is -2.19. The van der Waals surface area contributed by atoms with Gasteiger partial charge in [0.25, 0.3) is 0 Å². The first-order valence-corrected chi connectivity index (χ1v) is 9.07. The molecule has 1 aliphatic rings. The summed E-state index contributed by atoms with van der Waals surface area (Å²) < 4.78 is 21.0. The van der Waals surface area contributed by atoms with Crippen molar-refractivity contribution in [3.63, 3.8) is 0 Å². The van der Waals surface area contributed by atoms with E-state index >= 15 is 0 Å². The van der Waals surface area contributed by atoms with E-state index in [0.717, 1.165) is 0 Å². The lowest BCUT2D eigenvalue weighted by molar-refractivity contribution is 0.0192. The third kappa shape index (κ3) is 4.71. The number of carbonyl (C=O) groups excluding carboxylic acids is 2. The molecule has 0 aromatic heterocycles. The Labute approximate surface area is 167 Å².